The third-order valence-electron chi connectivity index (χ3n) is 1.64. The summed E-state index contributed by atoms with van der Waals surface area (Å²) in [6.45, 7) is 0.880. The smallest absolute Gasteiger partial charge is 0.0395 e. The lowest BCUT2D eigenvalue weighted by Gasteiger charge is -2.04. The molecule has 0 atom stereocenters. The highest BCUT2D eigenvalue weighted by molar-refractivity contribution is 5.14. The molecule has 1 rings (SSSR count). The Morgan fingerprint density at radius 1 is 1.23 bits per heavy atom. The van der Waals surface area contributed by atoms with Crippen molar-refractivity contribution >= 4 is 0 Å². The largest absolute Gasteiger partial charge is 0.386 e. The summed E-state index contributed by atoms with van der Waals surface area (Å²) in [5.74, 6) is 0. The molecule has 1 aromatic rings. The summed E-state index contributed by atoms with van der Waals surface area (Å²) in [5, 5.41) is 3.21. The van der Waals surface area contributed by atoms with E-state index in [2.05, 4.69) is 17.4 Å². The normalized spacial score (nSPS) is 10.3. The summed E-state index contributed by atoms with van der Waals surface area (Å²) in [6, 6.07) is 10.3. The first-order chi connectivity index (χ1) is 6.29. The van der Waals surface area contributed by atoms with E-state index in [-0.39, 0.29) is 0 Å². The fraction of sp³-hybridized carbons (Fsp3) is 0.273. The summed E-state index contributed by atoms with van der Waals surface area (Å²) >= 11 is 0. The fourth-order valence-corrected chi connectivity index (χ4v) is 0.974. The lowest BCUT2D eigenvalue weighted by Crippen LogP contribution is -2.08. The highest BCUT2D eigenvalue weighted by atomic mass is 15.0. The van der Waals surface area contributed by atoms with Crippen molar-refractivity contribution in [2.24, 2.45) is 0 Å². The van der Waals surface area contributed by atoms with E-state index in [4.69, 9.17) is 0 Å². The van der Waals surface area contributed by atoms with Crippen LogP contribution in [0.4, 0.5) is 0 Å². The van der Waals surface area contributed by atoms with Crippen LogP contribution in [0.2, 0.25) is 0 Å². The molecule has 2 heteroatoms. The van der Waals surface area contributed by atoms with Crippen molar-refractivity contribution in [1.29, 1.82) is 0 Å². The Balaban J connectivity index is 2.28. The predicted molar refractivity (Wildman–Crippen MR) is 56.1 cm³/mol. The molecule has 13 heavy (non-hydrogen) atoms. The molecule has 0 unspecified atom stereocenters. The predicted octanol–water partition coefficient (Wildman–Crippen LogP) is 1.81. The molecule has 0 spiro atoms. The summed E-state index contributed by atoms with van der Waals surface area (Å²) in [6.07, 6.45) is 3.94. The summed E-state index contributed by atoms with van der Waals surface area (Å²) in [4.78, 5) is 2.00. The first-order valence-electron chi connectivity index (χ1n) is 4.39. The van der Waals surface area contributed by atoms with Gasteiger partial charge >= 0.3 is 0 Å². The van der Waals surface area contributed by atoms with Crippen LogP contribution in [-0.4, -0.2) is 19.0 Å². The van der Waals surface area contributed by atoms with Crippen LogP contribution in [-0.2, 0) is 6.54 Å². The van der Waals surface area contributed by atoms with E-state index < -0.39 is 0 Å². The molecular formula is C11H16N2. The van der Waals surface area contributed by atoms with E-state index in [1.54, 1.807) is 0 Å². The average molecular weight is 176 g/mol. The fourth-order valence-electron chi connectivity index (χ4n) is 0.974. The Morgan fingerprint density at radius 2 is 1.92 bits per heavy atom. The lowest BCUT2D eigenvalue weighted by molar-refractivity contribution is 0.558. The van der Waals surface area contributed by atoms with E-state index in [0.29, 0.717) is 0 Å². The highest BCUT2D eigenvalue weighted by Gasteiger charge is 1.85. The molecule has 0 aromatic heterocycles. The molecule has 0 fully saturated rings. The van der Waals surface area contributed by atoms with Crippen molar-refractivity contribution in [3.63, 3.8) is 0 Å². The van der Waals surface area contributed by atoms with E-state index in [1.165, 1.54) is 5.56 Å². The first kappa shape index (κ1) is 9.65. The van der Waals surface area contributed by atoms with Gasteiger partial charge in [-0.05, 0) is 5.56 Å². The molecular weight excluding hydrogens is 160 g/mol. The summed E-state index contributed by atoms with van der Waals surface area (Å²) in [5.41, 5.74) is 1.30. The molecule has 1 aromatic carbocycles. The van der Waals surface area contributed by atoms with Gasteiger partial charge in [0.05, 0.1) is 0 Å². The van der Waals surface area contributed by atoms with Gasteiger partial charge in [0.1, 0.15) is 0 Å². The Bertz CT molecular complexity index is 252. The Hall–Kier alpha value is -1.44. The van der Waals surface area contributed by atoms with Gasteiger partial charge in [-0.1, -0.05) is 30.3 Å². The number of hydrogen-bond acceptors (Lipinski definition) is 2. The van der Waals surface area contributed by atoms with Crippen molar-refractivity contribution in [2.75, 3.05) is 14.1 Å². The molecule has 70 valence electrons. The molecule has 2 nitrogen and oxygen atoms in total. The minimum atomic E-state index is 0.880. The molecule has 0 aliphatic rings. The molecule has 0 aliphatic heterocycles. The third kappa shape index (κ3) is 4.21. The van der Waals surface area contributed by atoms with Crippen LogP contribution in [0.3, 0.4) is 0 Å². The first-order valence-corrected chi connectivity index (χ1v) is 4.39. The van der Waals surface area contributed by atoms with Gasteiger partial charge in [0.25, 0.3) is 0 Å². The second-order valence-corrected chi connectivity index (χ2v) is 3.15. The van der Waals surface area contributed by atoms with E-state index in [1.807, 2.05) is 49.6 Å². The maximum Gasteiger partial charge on any atom is 0.0395 e. The number of rotatable bonds is 4. The quantitative estimate of drug-likeness (QED) is 0.752. The number of nitrogens with one attached hydrogen (secondary N) is 1. The second kappa shape index (κ2) is 5.25. The summed E-state index contributed by atoms with van der Waals surface area (Å²) < 4.78 is 0. The number of nitrogens with zero attached hydrogens (tertiary/aromatic N) is 1. The van der Waals surface area contributed by atoms with Crippen molar-refractivity contribution in [2.45, 2.75) is 6.54 Å². The van der Waals surface area contributed by atoms with Crippen LogP contribution in [0.5, 0.6) is 0 Å². The summed E-state index contributed by atoms with van der Waals surface area (Å²) in [7, 11) is 4.00. The molecule has 0 aliphatic carbocycles. The van der Waals surface area contributed by atoms with Crippen LogP contribution in [0, 0.1) is 0 Å². The molecule has 0 heterocycles. The second-order valence-electron chi connectivity index (χ2n) is 3.15. The highest BCUT2D eigenvalue weighted by Crippen LogP contribution is 1.96. The van der Waals surface area contributed by atoms with Crippen LogP contribution in [0.1, 0.15) is 5.56 Å². The average Bonchev–Trinajstić information content (AvgIpc) is 2.14. The molecule has 0 saturated carbocycles. The van der Waals surface area contributed by atoms with Gasteiger partial charge in [-0.15, -0.1) is 0 Å². The van der Waals surface area contributed by atoms with Crippen molar-refractivity contribution in [1.82, 2.24) is 10.2 Å². The van der Waals surface area contributed by atoms with Crippen LogP contribution >= 0.6 is 0 Å². The minimum absolute atomic E-state index is 0.880. The molecule has 0 amide bonds. The van der Waals surface area contributed by atoms with Crippen LogP contribution < -0.4 is 5.32 Å². The van der Waals surface area contributed by atoms with E-state index in [0.717, 1.165) is 6.54 Å². The molecule has 0 saturated heterocycles. The number of benzene rings is 1. The maximum atomic E-state index is 3.21. The minimum Gasteiger partial charge on any atom is -0.386 e. The Morgan fingerprint density at radius 3 is 2.54 bits per heavy atom. The Labute approximate surface area is 79.9 Å². The zero-order valence-corrected chi connectivity index (χ0v) is 8.20. The topological polar surface area (TPSA) is 15.3 Å². The Kier molecular flexibility index (Phi) is 3.89. The molecule has 1 N–H and O–H groups in total. The standard InChI is InChI=1S/C11H16N2/c1-13(2)9-8-12-10-11-6-4-3-5-7-11/h3-9,12H,10H2,1-2H3. The zero-order valence-electron chi connectivity index (χ0n) is 8.20. The third-order valence-corrected chi connectivity index (χ3v) is 1.64. The number of hydrogen-bond donors (Lipinski definition) is 1. The van der Waals surface area contributed by atoms with Gasteiger partial charge in [0, 0.05) is 33.0 Å². The van der Waals surface area contributed by atoms with Crippen LogP contribution in [0.25, 0.3) is 0 Å². The van der Waals surface area contributed by atoms with E-state index >= 15 is 0 Å². The van der Waals surface area contributed by atoms with Gasteiger partial charge in [-0.25, -0.2) is 0 Å². The molecule has 0 bridgehead atoms. The van der Waals surface area contributed by atoms with E-state index in [9.17, 15) is 0 Å². The van der Waals surface area contributed by atoms with Crippen molar-refractivity contribution in [3.8, 4) is 0 Å². The monoisotopic (exact) mass is 176 g/mol. The van der Waals surface area contributed by atoms with Gasteiger partial charge in [0.15, 0.2) is 0 Å². The van der Waals surface area contributed by atoms with Gasteiger partial charge in [0.2, 0.25) is 0 Å². The lowest BCUT2D eigenvalue weighted by atomic mass is 10.2. The SMILES string of the molecule is CN(C)C=CNCc1ccccc1. The molecule has 0 radical (unpaired) electrons. The van der Waals surface area contributed by atoms with Crippen LogP contribution in [0.15, 0.2) is 42.7 Å². The van der Waals surface area contributed by atoms with Gasteiger partial charge < -0.3 is 10.2 Å². The maximum absolute atomic E-state index is 3.21. The van der Waals surface area contributed by atoms with Gasteiger partial charge in [-0.2, -0.15) is 0 Å². The van der Waals surface area contributed by atoms with Gasteiger partial charge in [-0.3, -0.25) is 0 Å². The zero-order chi connectivity index (χ0) is 9.52. The van der Waals surface area contributed by atoms with Crippen molar-refractivity contribution in [3.05, 3.63) is 48.3 Å². The van der Waals surface area contributed by atoms with Crippen molar-refractivity contribution < 1.29 is 0 Å².